The van der Waals surface area contributed by atoms with Crippen molar-refractivity contribution < 1.29 is 8.42 Å². The molecule has 0 aliphatic carbocycles. The van der Waals surface area contributed by atoms with Gasteiger partial charge in [0.15, 0.2) is 5.16 Å². The standard InChI is InChI=1S/C9H11N3O2S2/c1-7-5-8(6-10)12-9(11-7)15-3-4-16(2,13)14/h5H,3-4H2,1-2H3. The molecule has 0 saturated carbocycles. The second-order valence-electron chi connectivity index (χ2n) is 3.27. The van der Waals surface area contributed by atoms with Crippen LogP contribution >= 0.6 is 11.8 Å². The summed E-state index contributed by atoms with van der Waals surface area (Å²) in [7, 11) is -2.96. The highest BCUT2D eigenvalue weighted by Gasteiger charge is 2.06. The Balaban J connectivity index is 2.68. The van der Waals surface area contributed by atoms with Crippen LogP contribution in [0.1, 0.15) is 11.4 Å². The van der Waals surface area contributed by atoms with Crippen molar-refractivity contribution in [3.63, 3.8) is 0 Å². The van der Waals surface area contributed by atoms with Gasteiger partial charge in [-0.3, -0.25) is 0 Å². The van der Waals surface area contributed by atoms with Gasteiger partial charge in [-0.05, 0) is 13.0 Å². The lowest BCUT2D eigenvalue weighted by atomic mass is 10.4. The number of rotatable bonds is 4. The first-order valence-corrected chi connectivity index (χ1v) is 7.51. The van der Waals surface area contributed by atoms with E-state index in [1.165, 1.54) is 18.0 Å². The van der Waals surface area contributed by atoms with Gasteiger partial charge < -0.3 is 0 Å². The first-order valence-electron chi connectivity index (χ1n) is 4.47. The predicted octanol–water partition coefficient (Wildman–Crippen LogP) is 0.793. The second kappa shape index (κ2) is 5.27. The highest BCUT2D eigenvalue weighted by Crippen LogP contribution is 2.14. The van der Waals surface area contributed by atoms with E-state index in [0.717, 1.165) is 0 Å². The van der Waals surface area contributed by atoms with E-state index in [-0.39, 0.29) is 5.75 Å². The maximum Gasteiger partial charge on any atom is 0.189 e. The molecule has 0 amide bonds. The molecule has 0 aromatic carbocycles. The van der Waals surface area contributed by atoms with Gasteiger partial charge in [0.1, 0.15) is 21.6 Å². The summed E-state index contributed by atoms with van der Waals surface area (Å²) in [6.45, 7) is 1.77. The van der Waals surface area contributed by atoms with E-state index in [1.54, 1.807) is 13.0 Å². The van der Waals surface area contributed by atoms with Crippen LogP contribution in [0.5, 0.6) is 0 Å². The minimum absolute atomic E-state index is 0.0802. The number of aryl methyl sites for hydroxylation is 1. The van der Waals surface area contributed by atoms with Crippen LogP contribution in [0.3, 0.4) is 0 Å². The van der Waals surface area contributed by atoms with Crippen LogP contribution in [-0.2, 0) is 9.84 Å². The van der Waals surface area contributed by atoms with Crippen molar-refractivity contribution in [3.05, 3.63) is 17.5 Å². The molecule has 0 fully saturated rings. The Morgan fingerprint density at radius 1 is 1.50 bits per heavy atom. The Hall–Kier alpha value is -1.13. The van der Waals surface area contributed by atoms with Gasteiger partial charge in [0, 0.05) is 17.7 Å². The number of hydrogen-bond donors (Lipinski definition) is 0. The fourth-order valence-corrected chi connectivity index (χ4v) is 3.05. The van der Waals surface area contributed by atoms with Crippen molar-refractivity contribution in [2.75, 3.05) is 17.8 Å². The topological polar surface area (TPSA) is 83.7 Å². The molecule has 0 aliphatic rings. The van der Waals surface area contributed by atoms with Crippen LogP contribution in [0, 0.1) is 18.3 Å². The van der Waals surface area contributed by atoms with Crippen LogP contribution in [0.15, 0.2) is 11.2 Å². The molecule has 0 aliphatic heterocycles. The zero-order chi connectivity index (χ0) is 12.2. The van der Waals surface area contributed by atoms with E-state index in [0.29, 0.717) is 22.3 Å². The molecule has 0 N–H and O–H groups in total. The Kier molecular flexibility index (Phi) is 4.26. The van der Waals surface area contributed by atoms with E-state index >= 15 is 0 Å². The number of thioether (sulfide) groups is 1. The maximum absolute atomic E-state index is 10.9. The van der Waals surface area contributed by atoms with Crippen molar-refractivity contribution in [2.24, 2.45) is 0 Å². The third-order valence-corrected chi connectivity index (χ3v) is 3.69. The molecule has 86 valence electrons. The average molecular weight is 257 g/mol. The third-order valence-electron chi connectivity index (χ3n) is 1.63. The molecule has 16 heavy (non-hydrogen) atoms. The van der Waals surface area contributed by atoms with Gasteiger partial charge in [0.25, 0.3) is 0 Å². The highest BCUT2D eigenvalue weighted by atomic mass is 32.2. The summed E-state index contributed by atoms with van der Waals surface area (Å²) >= 11 is 1.24. The molecule has 1 heterocycles. The van der Waals surface area contributed by atoms with Crippen LogP contribution in [-0.4, -0.2) is 36.1 Å². The minimum Gasteiger partial charge on any atom is -0.229 e. The molecular formula is C9H11N3O2S2. The van der Waals surface area contributed by atoms with Crippen LogP contribution in [0.2, 0.25) is 0 Å². The zero-order valence-electron chi connectivity index (χ0n) is 8.97. The summed E-state index contributed by atoms with van der Waals surface area (Å²) in [6.07, 6.45) is 1.19. The summed E-state index contributed by atoms with van der Waals surface area (Å²) in [6, 6.07) is 3.52. The quantitative estimate of drug-likeness (QED) is 0.586. The van der Waals surface area contributed by atoms with Gasteiger partial charge in [-0.25, -0.2) is 18.4 Å². The monoisotopic (exact) mass is 257 g/mol. The maximum atomic E-state index is 10.9. The van der Waals surface area contributed by atoms with Crippen molar-refractivity contribution in [2.45, 2.75) is 12.1 Å². The second-order valence-corrected chi connectivity index (χ2v) is 6.59. The first kappa shape index (κ1) is 12.9. The van der Waals surface area contributed by atoms with E-state index < -0.39 is 9.84 Å². The average Bonchev–Trinajstić information content (AvgIpc) is 2.14. The molecule has 0 unspecified atom stereocenters. The van der Waals surface area contributed by atoms with Gasteiger partial charge in [0.05, 0.1) is 5.75 Å². The number of nitrogens with zero attached hydrogens (tertiary/aromatic N) is 3. The molecule has 0 atom stereocenters. The van der Waals surface area contributed by atoms with E-state index in [2.05, 4.69) is 9.97 Å². The van der Waals surface area contributed by atoms with E-state index in [4.69, 9.17) is 5.26 Å². The zero-order valence-corrected chi connectivity index (χ0v) is 10.6. The summed E-state index contributed by atoms with van der Waals surface area (Å²) in [4.78, 5) is 8.07. The van der Waals surface area contributed by atoms with E-state index in [9.17, 15) is 8.42 Å². The summed E-state index contributed by atoms with van der Waals surface area (Å²) in [5.74, 6) is 0.476. The van der Waals surface area contributed by atoms with Crippen molar-refractivity contribution in [1.29, 1.82) is 5.26 Å². The lowest BCUT2D eigenvalue weighted by molar-refractivity contribution is 0.603. The molecule has 5 nitrogen and oxygen atoms in total. The lowest BCUT2D eigenvalue weighted by Crippen LogP contribution is -2.05. The van der Waals surface area contributed by atoms with Crippen molar-refractivity contribution >= 4 is 21.6 Å². The largest absolute Gasteiger partial charge is 0.229 e. The summed E-state index contributed by atoms with van der Waals surface area (Å²) in [5, 5.41) is 9.14. The fraction of sp³-hybridized carbons (Fsp3) is 0.444. The third kappa shape index (κ3) is 4.59. The lowest BCUT2D eigenvalue weighted by Gasteiger charge is -2.01. The van der Waals surface area contributed by atoms with Gasteiger partial charge >= 0.3 is 0 Å². The van der Waals surface area contributed by atoms with Gasteiger partial charge in [-0.2, -0.15) is 5.26 Å². The van der Waals surface area contributed by atoms with Gasteiger partial charge in [-0.15, -0.1) is 0 Å². The number of aromatic nitrogens is 2. The Morgan fingerprint density at radius 2 is 2.19 bits per heavy atom. The number of sulfone groups is 1. The molecule has 0 spiro atoms. The van der Waals surface area contributed by atoms with Gasteiger partial charge in [-0.1, -0.05) is 11.8 Å². The smallest absolute Gasteiger partial charge is 0.189 e. The summed E-state index contributed by atoms with van der Waals surface area (Å²) < 4.78 is 21.8. The SMILES string of the molecule is Cc1cc(C#N)nc(SCCS(C)(=O)=O)n1. The molecule has 7 heteroatoms. The highest BCUT2D eigenvalue weighted by molar-refractivity contribution is 8.00. The van der Waals surface area contributed by atoms with Crippen molar-refractivity contribution in [3.8, 4) is 6.07 Å². The van der Waals surface area contributed by atoms with Gasteiger partial charge in [0.2, 0.25) is 0 Å². The molecule has 1 aromatic rings. The Morgan fingerprint density at radius 3 is 2.75 bits per heavy atom. The molecular weight excluding hydrogens is 246 g/mol. The molecule has 0 saturated heterocycles. The van der Waals surface area contributed by atoms with Crippen LogP contribution < -0.4 is 0 Å². The first-order chi connectivity index (χ1) is 7.40. The minimum atomic E-state index is -2.96. The Labute approximate surface area is 98.8 Å². The van der Waals surface area contributed by atoms with Crippen molar-refractivity contribution in [1.82, 2.24) is 9.97 Å². The molecule has 0 radical (unpaired) electrons. The fourth-order valence-electron chi connectivity index (χ4n) is 0.947. The summed E-state index contributed by atoms with van der Waals surface area (Å²) in [5.41, 5.74) is 1.00. The number of nitriles is 1. The van der Waals surface area contributed by atoms with E-state index in [1.807, 2.05) is 6.07 Å². The molecule has 1 rings (SSSR count). The Bertz CT molecular complexity index is 520. The van der Waals surface area contributed by atoms with Crippen LogP contribution in [0.4, 0.5) is 0 Å². The normalized spacial score (nSPS) is 11.1. The number of hydrogen-bond acceptors (Lipinski definition) is 6. The van der Waals surface area contributed by atoms with Crippen LogP contribution in [0.25, 0.3) is 0 Å². The molecule has 0 bridgehead atoms. The predicted molar refractivity (Wildman–Crippen MR) is 61.9 cm³/mol. The molecule has 1 aromatic heterocycles.